The van der Waals surface area contributed by atoms with E-state index in [1.165, 1.54) is 33.6 Å². The lowest BCUT2D eigenvalue weighted by Crippen LogP contribution is -2.55. The Morgan fingerprint density at radius 2 is 0.750 bits per heavy atom. The molecule has 2 aromatic rings. The second-order valence-electron chi connectivity index (χ2n) is 10.9. The molecule has 0 aliphatic rings. The van der Waals surface area contributed by atoms with E-state index in [0.29, 0.717) is 0 Å². The zero-order valence-corrected chi connectivity index (χ0v) is 24.6. The highest BCUT2D eigenvalue weighted by Crippen LogP contribution is 2.34. The zero-order valence-electron chi connectivity index (χ0n) is 22.6. The maximum Gasteiger partial charge on any atom is 0.147 e. The molecule has 2 aromatic carbocycles. The molecule has 0 spiro atoms. The summed E-state index contributed by atoms with van der Waals surface area (Å²) in [4.78, 5) is 0. The van der Waals surface area contributed by atoms with Crippen molar-refractivity contribution >= 4 is 27.8 Å². The Hall–Kier alpha value is -1.53. The van der Waals surface area contributed by atoms with Crippen molar-refractivity contribution in [3.63, 3.8) is 0 Å². The molecule has 0 saturated carbocycles. The predicted molar refractivity (Wildman–Crippen MR) is 152 cm³/mol. The number of anilines is 2. The van der Waals surface area contributed by atoms with E-state index >= 15 is 0 Å². The maximum absolute atomic E-state index is 2.83. The van der Waals surface area contributed by atoms with Crippen molar-refractivity contribution in [2.45, 2.75) is 92.7 Å². The molecule has 0 aliphatic carbocycles. The molecule has 0 N–H and O–H groups in total. The molecule has 32 heavy (non-hydrogen) atoms. The standard InChI is InChI=1S/C28H48N2Si2/c1-11-23-17-15-18-24(12-2)27(23)29(31(5,6)7)21-22-30(32(8,9)10)28-25(13-3)19-16-20-26(28)14-4/h15-20H,11-14,21-22H2,1-10H3. The van der Waals surface area contributed by atoms with Crippen LogP contribution in [0.5, 0.6) is 0 Å². The van der Waals surface area contributed by atoms with E-state index in [0.717, 1.165) is 38.8 Å². The van der Waals surface area contributed by atoms with Crippen molar-refractivity contribution < 1.29 is 0 Å². The molecule has 2 rings (SSSR count). The van der Waals surface area contributed by atoms with Gasteiger partial charge < -0.3 is 9.13 Å². The van der Waals surface area contributed by atoms with Crippen LogP contribution in [0.4, 0.5) is 11.4 Å². The smallest absolute Gasteiger partial charge is 0.147 e. The van der Waals surface area contributed by atoms with Gasteiger partial charge in [0.15, 0.2) is 0 Å². The molecule has 0 atom stereocenters. The molecule has 0 aliphatic heterocycles. The van der Waals surface area contributed by atoms with Gasteiger partial charge in [0.2, 0.25) is 0 Å². The van der Waals surface area contributed by atoms with E-state index in [1.54, 1.807) is 0 Å². The van der Waals surface area contributed by atoms with Gasteiger partial charge in [0, 0.05) is 24.5 Å². The molecular weight excluding hydrogens is 420 g/mol. The Kier molecular flexibility index (Phi) is 9.24. The van der Waals surface area contributed by atoms with Crippen LogP contribution in [0.1, 0.15) is 49.9 Å². The van der Waals surface area contributed by atoms with Gasteiger partial charge in [0.25, 0.3) is 0 Å². The summed E-state index contributed by atoms with van der Waals surface area (Å²) in [5.74, 6) is 0. The first-order valence-electron chi connectivity index (χ1n) is 12.8. The fourth-order valence-corrected chi connectivity index (χ4v) is 8.35. The van der Waals surface area contributed by atoms with Crippen molar-refractivity contribution in [1.29, 1.82) is 0 Å². The minimum Gasteiger partial charge on any atom is -0.396 e. The summed E-state index contributed by atoms with van der Waals surface area (Å²) < 4.78 is 5.66. The Morgan fingerprint density at radius 3 is 0.938 bits per heavy atom. The molecule has 2 nitrogen and oxygen atoms in total. The Morgan fingerprint density at radius 1 is 0.500 bits per heavy atom. The van der Waals surface area contributed by atoms with Crippen LogP contribution in [-0.2, 0) is 25.7 Å². The monoisotopic (exact) mass is 468 g/mol. The van der Waals surface area contributed by atoms with Gasteiger partial charge >= 0.3 is 0 Å². The molecule has 0 unspecified atom stereocenters. The van der Waals surface area contributed by atoms with Gasteiger partial charge in [-0.05, 0) is 47.9 Å². The first kappa shape index (κ1) is 26.7. The number of rotatable bonds is 11. The molecule has 4 heteroatoms. The number of hydrogen-bond acceptors (Lipinski definition) is 2. The summed E-state index contributed by atoms with van der Waals surface area (Å²) >= 11 is 0. The van der Waals surface area contributed by atoms with Crippen molar-refractivity contribution in [1.82, 2.24) is 0 Å². The molecule has 0 bridgehead atoms. The van der Waals surface area contributed by atoms with Crippen molar-refractivity contribution in [3.8, 4) is 0 Å². The van der Waals surface area contributed by atoms with Gasteiger partial charge in [-0.15, -0.1) is 0 Å². The van der Waals surface area contributed by atoms with Gasteiger partial charge in [-0.25, -0.2) is 0 Å². The zero-order chi connectivity index (χ0) is 24.1. The van der Waals surface area contributed by atoms with Crippen LogP contribution in [0, 0.1) is 0 Å². The number of hydrogen-bond donors (Lipinski definition) is 0. The first-order chi connectivity index (χ1) is 15.0. The quantitative estimate of drug-likeness (QED) is 0.309. The summed E-state index contributed by atoms with van der Waals surface area (Å²) in [6, 6.07) is 13.9. The molecule has 0 amide bonds. The maximum atomic E-state index is 2.83. The van der Waals surface area contributed by atoms with Crippen LogP contribution < -0.4 is 9.13 Å². The van der Waals surface area contributed by atoms with Crippen LogP contribution in [0.25, 0.3) is 0 Å². The SMILES string of the molecule is CCc1cccc(CC)c1N(CCN(c1c(CC)cccc1CC)[Si](C)(C)C)[Si](C)(C)C. The average molecular weight is 469 g/mol. The molecular formula is C28H48N2Si2. The van der Waals surface area contributed by atoms with Crippen LogP contribution in [0.3, 0.4) is 0 Å². The van der Waals surface area contributed by atoms with Gasteiger partial charge in [-0.3, -0.25) is 0 Å². The third-order valence-electron chi connectivity index (χ3n) is 6.64. The average Bonchev–Trinajstić information content (AvgIpc) is 2.74. The second kappa shape index (κ2) is 11.1. The van der Waals surface area contributed by atoms with Gasteiger partial charge in [0.1, 0.15) is 16.5 Å². The van der Waals surface area contributed by atoms with E-state index in [1.807, 2.05) is 0 Å². The van der Waals surface area contributed by atoms with E-state index in [2.05, 4.69) is 113 Å². The Labute approximate surface area is 201 Å². The summed E-state index contributed by atoms with van der Waals surface area (Å²) in [5, 5.41) is 0. The number of nitrogens with zero attached hydrogens (tertiary/aromatic N) is 2. The highest BCUT2D eigenvalue weighted by Gasteiger charge is 2.31. The normalized spacial score (nSPS) is 12.2. The minimum absolute atomic E-state index is 1.10. The lowest BCUT2D eigenvalue weighted by Gasteiger charge is -2.44. The lowest BCUT2D eigenvalue weighted by molar-refractivity contribution is 0.886. The molecule has 0 heterocycles. The molecule has 0 radical (unpaired) electrons. The summed E-state index contributed by atoms with van der Waals surface area (Å²) in [5.41, 5.74) is 9.10. The van der Waals surface area contributed by atoms with Crippen molar-refractivity contribution in [3.05, 3.63) is 58.7 Å². The number of aryl methyl sites for hydroxylation is 4. The van der Waals surface area contributed by atoms with Crippen molar-refractivity contribution in [2.24, 2.45) is 0 Å². The fourth-order valence-electron chi connectivity index (χ4n) is 4.89. The molecule has 178 valence electrons. The minimum atomic E-state index is -1.57. The van der Waals surface area contributed by atoms with Crippen LogP contribution >= 0.6 is 0 Å². The molecule has 0 aromatic heterocycles. The highest BCUT2D eigenvalue weighted by molar-refractivity contribution is 6.80. The van der Waals surface area contributed by atoms with Crippen LogP contribution in [0.2, 0.25) is 39.3 Å². The van der Waals surface area contributed by atoms with Gasteiger partial charge in [0.05, 0.1) is 0 Å². The van der Waals surface area contributed by atoms with E-state index in [9.17, 15) is 0 Å². The third kappa shape index (κ3) is 6.08. The predicted octanol–water partition coefficient (Wildman–Crippen LogP) is 7.92. The first-order valence-corrected chi connectivity index (χ1v) is 19.7. The van der Waals surface area contributed by atoms with Crippen molar-refractivity contribution in [2.75, 3.05) is 22.2 Å². The number of benzene rings is 2. The fraction of sp³-hybridized carbons (Fsp3) is 0.571. The summed E-state index contributed by atoms with van der Waals surface area (Å²) in [6.07, 6.45) is 4.39. The Bertz CT molecular complexity index is 760. The second-order valence-corrected chi connectivity index (χ2v) is 20.7. The van der Waals surface area contributed by atoms with E-state index in [-0.39, 0.29) is 0 Å². The van der Waals surface area contributed by atoms with Gasteiger partial charge in [-0.1, -0.05) is 103 Å². The number of para-hydroxylation sites is 2. The van der Waals surface area contributed by atoms with Gasteiger partial charge in [-0.2, -0.15) is 0 Å². The van der Waals surface area contributed by atoms with Crippen LogP contribution in [-0.4, -0.2) is 29.6 Å². The van der Waals surface area contributed by atoms with Crippen LogP contribution in [0.15, 0.2) is 36.4 Å². The third-order valence-corrected chi connectivity index (χ3v) is 10.8. The summed E-state index contributed by atoms with van der Waals surface area (Å²) in [7, 11) is -3.14. The molecule has 0 saturated heterocycles. The lowest BCUT2D eigenvalue weighted by atomic mass is 10.0. The topological polar surface area (TPSA) is 6.48 Å². The molecule has 0 fully saturated rings. The van der Waals surface area contributed by atoms with E-state index < -0.39 is 16.5 Å². The largest absolute Gasteiger partial charge is 0.396 e. The van der Waals surface area contributed by atoms with E-state index in [4.69, 9.17) is 0 Å². The summed E-state index contributed by atoms with van der Waals surface area (Å²) in [6.45, 7) is 26.5. The Balaban J connectivity index is 2.55. The highest BCUT2D eigenvalue weighted by atomic mass is 28.3.